The van der Waals surface area contributed by atoms with E-state index < -0.39 is 16.3 Å². The highest BCUT2D eigenvalue weighted by atomic mass is 32.2. The number of nitrogens with two attached hydrogens (primary N) is 1. The molecule has 0 radical (unpaired) electrons. The molecule has 0 unspecified atom stereocenters. The molecule has 1 amide bonds. The average Bonchev–Trinajstić information content (AvgIpc) is 2.12. The number of rotatable bonds is 5. The third kappa shape index (κ3) is 3.90. The highest BCUT2D eigenvalue weighted by Crippen LogP contribution is 1.96. The molecule has 0 saturated carbocycles. The standard InChI is InChI=1S/C6H15N3O4S/c1-3-9(5-4-7)14(11,12)8-6(10)13-2/h3-5,7H2,1-2H3,(H,8,10). The molecular weight excluding hydrogens is 210 g/mol. The Morgan fingerprint density at radius 1 is 1.57 bits per heavy atom. The molecule has 0 spiro atoms. The van der Waals surface area contributed by atoms with Crippen molar-refractivity contribution in [2.75, 3.05) is 26.7 Å². The molecule has 0 aliphatic carbocycles. The second-order valence-corrected chi connectivity index (χ2v) is 4.05. The van der Waals surface area contributed by atoms with Crippen LogP contribution >= 0.6 is 0 Å². The Morgan fingerprint density at radius 3 is 2.50 bits per heavy atom. The maximum absolute atomic E-state index is 11.4. The fourth-order valence-corrected chi connectivity index (χ4v) is 1.91. The van der Waals surface area contributed by atoms with Crippen molar-refractivity contribution in [2.45, 2.75) is 6.92 Å². The minimum atomic E-state index is -3.82. The highest BCUT2D eigenvalue weighted by Gasteiger charge is 2.21. The first-order chi connectivity index (χ1) is 6.47. The number of carbonyl (C=O) groups excluding carboxylic acids is 1. The number of methoxy groups -OCH3 is 1. The van der Waals surface area contributed by atoms with E-state index in [9.17, 15) is 13.2 Å². The summed E-state index contributed by atoms with van der Waals surface area (Å²) in [6.45, 7) is 2.23. The van der Waals surface area contributed by atoms with Gasteiger partial charge in [-0.05, 0) is 0 Å². The van der Waals surface area contributed by atoms with Gasteiger partial charge < -0.3 is 10.5 Å². The van der Waals surface area contributed by atoms with Crippen LogP contribution in [-0.2, 0) is 14.9 Å². The van der Waals surface area contributed by atoms with E-state index in [4.69, 9.17) is 5.73 Å². The number of amides is 1. The van der Waals surface area contributed by atoms with Gasteiger partial charge in [-0.1, -0.05) is 6.92 Å². The van der Waals surface area contributed by atoms with Gasteiger partial charge in [-0.2, -0.15) is 12.7 Å². The Hall–Kier alpha value is -0.860. The molecule has 14 heavy (non-hydrogen) atoms. The van der Waals surface area contributed by atoms with E-state index in [0.29, 0.717) is 0 Å². The predicted octanol–water partition coefficient (Wildman–Crippen LogP) is -1.13. The Labute approximate surface area is 83.4 Å². The van der Waals surface area contributed by atoms with E-state index in [1.165, 1.54) is 0 Å². The topological polar surface area (TPSA) is 102 Å². The first-order valence-corrected chi connectivity index (χ1v) is 5.47. The van der Waals surface area contributed by atoms with Gasteiger partial charge >= 0.3 is 16.3 Å². The van der Waals surface area contributed by atoms with Crippen molar-refractivity contribution in [3.63, 3.8) is 0 Å². The maximum Gasteiger partial charge on any atom is 0.421 e. The van der Waals surface area contributed by atoms with Crippen molar-refractivity contribution in [2.24, 2.45) is 5.73 Å². The lowest BCUT2D eigenvalue weighted by atomic mass is 10.6. The molecule has 0 aliphatic rings. The second-order valence-electron chi connectivity index (χ2n) is 2.38. The van der Waals surface area contributed by atoms with E-state index in [0.717, 1.165) is 11.4 Å². The van der Waals surface area contributed by atoms with Crippen LogP contribution < -0.4 is 10.5 Å². The Kier molecular flexibility index (Phi) is 5.43. The number of nitrogens with one attached hydrogen (secondary N) is 1. The maximum atomic E-state index is 11.4. The molecule has 7 nitrogen and oxygen atoms in total. The Morgan fingerprint density at radius 2 is 2.14 bits per heavy atom. The van der Waals surface area contributed by atoms with Gasteiger partial charge in [0.2, 0.25) is 0 Å². The summed E-state index contributed by atoms with van der Waals surface area (Å²) in [7, 11) is -2.73. The summed E-state index contributed by atoms with van der Waals surface area (Å²) in [6.07, 6.45) is -1.01. The molecule has 0 saturated heterocycles. The quantitative estimate of drug-likeness (QED) is 0.616. The first-order valence-electron chi connectivity index (χ1n) is 4.03. The van der Waals surface area contributed by atoms with E-state index >= 15 is 0 Å². The van der Waals surface area contributed by atoms with E-state index in [-0.39, 0.29) is 19.6 Å². The lowest BCUT2D eigenvalue weighted by molar-refractivity contribution is 0.177. The van der Waals surface area contributed by atoms with E-state index in [2.05, 4.69) is 4.74 Å². The summed E-state index contributed by atoms with van der Waals surface area (Å²) >= 11 is 0. The van der Waals surface area contributed by atoms with Crippen LogP contribution in [0.5, 0.6) is 0 Å². The number of ether oxygens (including phenoxy) is 1. The van der Waals surface area contributed by atoms with Crippen molar-refractivity contribution < 1.29 is 17.9 Å². The van der Waals surface area contributed by atoms with Gasteiger partial charge in [-0.3, -0.25) is 0 Å². The summed E-state index contributed by atoms with van der Waals surface area (Å²) in [5, 5.41) is 0. The summed E-state index contributed by atoms with van der Waals surface area (Å²) < 4.78 is 29.7. The zero-order valence-electron chi connectivity index (χ0n) is 8.19. The van der Waals surface area contributed by atoms with Gasteiger partial charge in [-0.15, -0.1) is 0 Å². The molecule has 0 aromatic carbocycles. The van der Waals surface area contributed by atoms with Gasteiger partial charge in [0, 0.05) is 19.6 Å². The molecule has 0 bridgehead atoms. The molecular formula is C6H15N3O4S. The van der Waals surface area contributed by atoms with Crippen molar-refractivity contribution in [1.29, 1.82) is 0 Å². The highest BCUT2D eigenvalue weighted by molar-refractivity contribution is 7.87. The van der Waals surface area contributed by atoms with Crippen LogP contribution in [0.4, 0.5) is 4.79 Å². The Balaban J connectivity index is 4.49. The van der Waals surface area contributed by atoms with E-state index in [1.807, 2.05) is 0 Å². The molecule has 0 fully saturated rings. The third-order valence-corrected chi connectivity index (χ3v) is 3.01. The van der Waals surface area contributed by atoms with Crippen LogP contribution in [0, 0.1) is 0 Å². The number of hydrogen-bond acceptors (Lipinski definition) is 5. The van der Waals surface area contributed by atoms with Crippen molar-refractivity contribution >= 4 is 16.3 Å². The lowest BCUT2D eigenvalue weighted by Crippen LogP contribution is -2.45. The summed E-state index contributed by atoms with van der Waals surface area (Å²) in [4.78, 5) is 10.7. The third-order valence-electron chi connectivity index (χ3n) is 1.47. The molecule has 0 atom stereocenters. The molecule has 0 aliphatic heterocycles. The fraction of sp³-hybridized carbons (Fsp3) is 0.833. The summed E-state index contributed by atoms with van der Waals surface area (Å²) in [5.41, 5.74) is 5.21. The number of carbonyl (C=O) groups is 1. The molecule has 84 valence electrons. The van der Waals surface area contributed by atoms with Gasteiger partial charge in [0.25, 0.3) is 0 Å². The molecule has 0 heterocycles. The van der Waals surface area contributed by atoms with Gasteiger partial charge in [0.15, 0.2) is 0 Å². The smallest absolute Gasteiger partial charge is 0.421 e. The number of nitrogens with zero attached hydrogens (tertiary/aromatic N) is 1. The van der Waals surface area contributed by atoms with Crippen molar-refractivity contribution in [3.05, 3.63) is 0 Å². The SMILES string of the molecule is CCN(CCN)S(=O)(=O)NC(=O)OC. The van der Waals surface area contributed by atoms with Crippen LogP contribution in [0.2, 0.25) is 0 Å². The molecule has 0 aromatic rings. The van der Waals surface area contributed by atoms with Crippen LogP contribution in [0.25, 0.3) is 0 Å². The molecule has 8 heteroatoms. The lowest BCUT2D eigenvalue weighted by Gasteiger charge is -2.18. The summed E-state index contributed by atoms with van der Waals surface area (Å²) in [5.74, 6) is 0. The molecule has 0 aromatic heterocycles. The predicted molar refractivity (Wildman–Crippen MR) is 50.8 cm³/mol. The van der Waals surface area contributed by atoms with Crippen LogP contribution in [0.1, 0.15) is 6.92 Å². The fourth-order valence-electron chi connectivity index (χ4n) is 0.804. The summed E-state index contributed by atoms with van der Waals surface area (Å²) in [6, 6.07) is 0. The Bertz CT molecular complexity index is 277. The van der Waals surface area contributed by atoms with Crippen molar-refractivity contribution in [1.82, 2.24) is 9.03 Å². The molecule has 3 N–H and O–H groups in total. The van der Waals surface area contributed by atoms with Gasteiger partial charge in [0.1, 0.15) is 0 Å². The normalized spacial score (nSPS) is 11.4. The average molecular weight is 225 g/mol. The number of likely N-dealkylation sites (N-methyl/N-ethyl adjacent to an activating group) is 1. The van der Waals surface area contributed by atoms with Crippen LogP contribution in [-0.4, -0.2) is 45.6 Å². The van der Waals surface area contributed by atoms with Crippen LogP contribution in [0.3, 0.4) is 0 Å². The first kappa shape index (κ1) is 13.1. The van der Waals surface area contributed by atoms with E-state index in [1.54, 1.807) is 11.6 Å². The minimum absolute atomic E-state index is 0.156. The zero-order valence-corrected chi connectivity index (χ0v) is 9.00. The largest absolute Gasteiger partial charge is 0.452 e. The monoisotopic (exact) mass is 225 g/mol. The van der Waals surface area contributed by atoms with Crippen molar-refractivity contribution in [3.8, 4) is 0 Å². The van der Waals surface area contributed by atoms with Gasteiger partial charge in [0.05, 0.1) is 7.11 Å². The second kappa shape index (κ2) is 5.78. The van der Waals surface area contributed by atoms with Crippen LogP contribution in [0.15, 0.2) is 0 Å². The zero-order chi connectivity index (χ0) is 11.2. The van der Waals surface area contributed by atoms with Gasteiger partial charge in [-0.25, -0.2) is 9.52 Å². The molecule has 0 rings (SSSR count). The number of hydrogen-bond donors (Lipinski definition) is 2. The minimum Gasteiger partial charge on any atom is -0.452 e.